The maximum atomic E-state index is 13.3. The van der Waals surface area contributed by atoms with Gasteiger partial charge in [0.2, 0.25) is 5.91 Å². The Kier molecular flexibility index (Phi) is 5.86. The zero-order valence-corrected chi connectivity index (χ0v) is 16.8. The molecule has 1 unspecified atom stereocenters. The Morgan fingerprint density at radius 2 is 2.04 bits per heavy atom. The van der Waals surface area contributed by atoms with Crippen LogP contribution in [0.4, 0.5) is 4.39 Å². The summed E-state index contributed by atoms with van der Waals surface area (Å²) in [6, 6.07) is 4.55. The molecule has 2 aromatic rings. The second kappa shape index (κ2) is 7.98. The molecule has 1 aliphatic rings. The number of halogens is 2. The number of aryl methyl sites for hydroxylation is 1. The van der Waals surface area contributed by atoms with Crippen LogP contribution >= 0.6 is 11.6 Å². The third kappa shape index (κ3) is 4.17. The number of nitrogens with two attached hydrogens (primary N) is 1. The fourth-order valence-corrected chi connectivity index (χ4v) is 4.27. The molecule has 0 radical (unpaired) electrons. The van der Waals surface area contributed by atoms with Crippen LogP contribution in [0.5, 0.6) is 0 Å². The predicted molar refractivity (Wildman–Crippen MR) is 105 cm³/mol. The van der Waals surface area contributed by atoms with Gasteiger partial charge in [-0.25, -0.2) is 4.39 Å². The summed E-state index contributed by atoms with van der Waals surface area (Å²) < 4.78 is 15.4. The number of piperidine rings is 1. The number of nitrogens with zero attached hydrogens (tertiary/aromatic N) is 3. The molecule has 5 nitrogen and oxygen atoms in total. The van der Waals surface area contributed by atoms with Crippen molar-refractivity contribution >= 4 is 17.5 Å². The third-order valence-electron chi connectivity index (χ3n) is 5.55. The van der Waals surface area contributed by atoms with E-state index in [1.807, 2.05) is 13.8 Å². The summed E-state index contributed by atoms with van der Waals surface area (Å²) in [6.07, 6.45) is 2.39. The molecule has 7 heteroatoms. The van der Waals surface area contributed by atoms with E-state index in [0.29, 0.717) is 23.0 Å². The molecule has 1 aliphatic heterocycles. The van der Waals surface area contributed by atoms with E-state index in [1.165, 1.54) is 12.1 Å². The number of primary amides is 1. The van der Waals surface area contributed by atoms with E-state index in [9.17, 15) is 9.18 Å². The van der Waals surface area contributed by atoms with Crippen LogP contribution in [0.1, 0.15) is 47.3 Å². The first-order valence-corrected chi connectivity index (χ1v) is 9.63. The Bertz CT molecular complexity index is 843. The molecule has 0 aliphatic carbocycles. The first kappa shape index (κ1) is 19.8. The fraction of sp³-hybridized carbons (Fsp3) is 0.500. The topological polar surface area (TPSA) is 64.2 Å². The quantitative estimate of drug-likeness (QED) is 0.848. The Labute approximate surface area is 164 Å². The van der Waals surface area contributed by atoms with Crippen LogP contribution in [0.3, 0.4) is 0 Å². The molecular weight excluding hydrogens is 367 g/mol. The minimum absolute atomic E-state index is 0.305. The second-order valence-electron chi connectivity index (χ2n) is 7.46. The average Bonchev–Trinajstić information content (AvgIpc) is 2.89. The van der Waals surface area contributed by atoms with E-state index in [1.54, 1.807) is 6.07 Å². The molecule has 1 amide bonds. The Morgan fingerprint density at radius 1 is 1.37 bits per heavy atom. The molecule has 2 heterocycles. The molecule has 1 aromatic carbocycles. The van der Waals surface area contributed by atoms with E-state index in [-0.39, 0.29) is 0 Å². The first-order valence-electron chi connectivity index (χ1n) is 9.25. The second-order valence-corrected chi connectivity index (χ2v) is 7.87. The largest absolute Gasteiger partial charge is 0.369 e. The summed E-state index contributed by atoms with van der Waals surface area (Å²) in [6.45, 7) is 5.97. The van der Waals surface area contributed by atoms with Gasteiger partial charge in [-0.1, -0.05) is 17.7 Å². The van der Waals surface area contributed by atoms with Gasteiger partial charge < -0.3 is 10.6 Å². The summed E-state index contributed by atoms with van der Waals surface area (Å²) in [7, 11) is 2.12. The molecule has 146 valence electrons. The fourth-order valence-electron chi connectivity index (χ4n) is 4.03. The van der Waals surface area contributed by atoms with Crippen LogP contribution in [0.15, 0.2) is 18.2 Å². The molecule has 1 fully saturated rings. The van der Waals surface area contributed by atoms with Crippen LogP contribution in [0.2, 0.25) is 5.02 Å². The molecule has 0 saturated carbocycles. The molecule has 2 N–H and O–H groups in total. The molecule has 1 aromatic heterocycles. The van der Waals surface area contributed by atoms with Crippen LogP contribution in [0, 0.1) is 19.7 Å². The molecule has 0 bridgehead atoms. The van der Waals surface area contributed by atoms with Crippen molar-refractivity contribution in [3.05, 3.63) is 51.6 Å². The average molecular weight is 393 g/mol. The Morgan fingerprint density at radius 3 is 2.63 bits per heavy atom. The molecule has 1 atom stereocenters. The van der Waals surface area contributed by atoms with Crippen molar-refractivity contribution in [1.82, 2.24) is 14.7 Å². The van der Waals surface area contributed by atoms with Crippen LogP contribution in [-0.2, 0) is 11.2 Å². The molecule has 1 saturated heterocycles. The van der Waals surface area contributed by atoms with Crippen molar-refractivity contribution in [3.63, 3.8) is 0 Å². The smallest absolute Gasteiger partial charge is 0.225 e. The van der Waals surface area contributed by atoms with Crippen LogP contribution in [0.25, 0.3) is 0 Å². The van der Waals surface area contributed by atoms with E-state index >= 15 is 0 Å². The van der Waals surface area contributed by atoms with Gasteiger partial charge in [-0.05, 0) is 70.9 Å². The van der Waals surface area contributed by atoms with Gasteiger partial charge in [0.15, 0.2) is 0 Å². The lowest BCUT2D eigenvalue weighted by molar-refractivity contribution is -0.119. The number of benzene rings is 1. The highest BCUT2D eigenvalue weighted by Crippen LogP contribution is 2.32. The Balaban J connectivity index is 1.93. The maximum Gasteiger partial charge on any atom is 0.225 e. The highest BCUT2D eigenvalue weighted by Gasteiger charge is 2.29. The number of carbonyl (C=O) groups excluding carboxylic acids is 1. The number of aromatic nitrogens is 2. The third-order valence-corrected chi connectivity index (χ3v) is 5.90. The number of hydrogen-bond acceptors (Lipinski definition) is 3. The van der Waals surface area contributed by atoms with Gasteiger partial charge in [-0.3, -0.25) is 9.48 Å². The van der Waals surface area contributed by atoms with E-state index in [4.69, 9.17) is 22.4 Å². The highest BCUT2D eigenvalue weighted by atomic mass is 35.5. The van der Waals surface area contributed by atoms with E-state index in [0.717, 1.165) is 42.9 Å². The normalized spacial score (nSPS) is 17.2. The first-order chi connectivity index (χ1) is 12.8. The van der Waals surface area contributed by atoms with Crippen molar-refractivity contribution in [1.29, 1.82) is 0 Å². The van der Waals surface area contributed by atoms with Crippen LogP contribution < -0.4 is 5.73 Å². The number of likely N-dealkylation sites (tertiary alicyclic amines) is 1. The Hall–Kier alpha value is -1.92. The molecular formula is C20H26ClFN4O. The zero-order valence-electron chi connectivity index (χ0n) is 16.0. The monoisotopic (exact) mass is 392 g/mol. The lowest BCUT2D eigenvalue weighted by Crippen LogP contribution is -2.32. The number of rotatable bonds is 5. The number of carbonyl (C=O) groups is 1. The standard InChI is InChI=1S/C20H26ClFN4O/c1-12-19(13(2)26(24-12)16-6-8-25(3)9-7-16)17(20(23)27)10-14-4-5-15(22)11-18(14)21/h4-5,11,16-17H,6-10H2,1-3H3,(H2,23,27). The van der Waals surface area contributed by atoms with E-state index in [2.05, 4.69) is 16.6 Å². The van der Waals surface area contributed by atoms with Crippen molar-refractivity contribution in [3.8, 4) is 0 Å². The number of amides is 1. The molecule has 0 spiro atoms. The number of hydrogen-bond donors (Lipinski definition) is 1. The summed E-state index contributed by atoms with van der Waals surface area (Å²) in [5, 5.41) is 5.04. The van der Waals surface area contributed by atoms with Gasteiger partial charge in [0.05, 0.1) is 17.7 Å². The minimum atomic E-state index is -0.548. The molecule has 27 heavy (non-hydrogen) atoms. The summed E-state index contributed by atoms with van der Waals surface area (Å²) in [5.74, 6) is -1.38. The summed E-state index contributed by atoms with van der Waals surface area (Å²) in [4.78, 5) is 14.6. The van der Waals surface area contributed by atoms with Crippen LogP contribution in [-0.4, -0.2) is 40.7 Å². The predicted octanol–water partition coefficient (Wildman–Crippen LogP) is 3.37. The van der Waals surface area contributed by atoms with Gasteiger partial charge in [0.1, 0.15) is 5.82 Å². The van der Waals surface area contributed by atoms with Crippen molar-refractivity contribution in [2.75, 3.05) is 20.1 Å². The van der Waals surface area contributed by atoms with Crippen molar-refractivity contribution in [2.45, 2.75) is 45.1 Å². The van der Waals surface area contributed by atoms with E-state index < -0.39 is 17.6 Å². The highest BCUT2D eigenvalue weighted by molar-refractivity contribution is 6.31. The van der Waals surface area contributed by atoms with Crippen molar-refractivity contribution < 1.29 is 9.18 Å². The maximum absolute atomic E-state index is 13.3. The lowest BCUT2D eigenvalue weighted by Gasteiger charge is -2.30. The summed E-state index contributed by atoms with van der Waals surface area (Å²) >= 11 is 6.17. The SMILES string of the molecule is Cc1nn(C2CCN(C)CC2)c(C)c1C(Cc1ccc(F)cc1Cl)C(N)=O. The molecule has 3 rings (SSSR count). The van der Waals surface area contributed by atoms with Gasteiger partial charge >= 0.3 is 0 Å². The summed E-state index contributed by atoms with van der Waals surface area (Å²) in [5.41, 5.74) is 9.09. The van der Waals surface area contributed by atoms with Crippen molar-refractivity contribution in [2.24, 2.45) is 5.73 Å². The van der Waals surface area contributed by atoms with Gasteiger partial charge in [0.25, 0.3) is 0 Å². The van der Waals surface area contributed by atoms with Gasteiger partial charge in [-0.2, -0.15) is 5.10 Å². The minimum Gasteiger partial charge on any atom is -0.369 e. The van der Waals surface area contributed by atoms with Gasteiger partial charge in [-0.15, -0.1) is 0 Å². The lowest BCUT2D eigenvalue weighted by atomic mass is 9.89. The zero-order chi connectivity index (χ0) is 19.7. The van der Waals surface area contributed by atoms with Gasteiger partial charge in [0, 0.05) is 16.3 Å².